The second-order valence-electron chi connectivity index (χ2n) is 7.07. The van der Waals surface area contributed by atoms with Crippen molar-refractivity contribution in [2.45, 2.75) is 26.8 Å². The van der Waals surface area contributed by atoms with Gasteiger partial charge in [-0.3, -0.25) is 0 Å². The van der Waals surface area contributed by atoms with E-state index in [0.29, 0.717) is 5.41 Å². The molecule has 0 saturated heterocycles. The smallest absolute Gasteiger partial charge is 0.0277 e. The molecule has 110 valence electrons. The Labute approximate surface area is 132 Å². The minimum atomic E-state index is 0.355. The van der Waals surface area contributed by atoms with E-state index in [9.17, 15) is 0 Å². The van der Waals surface area contributed by atoms with Gasteiger partial charge in [-0.15, -0.1) is 0 Å². The SMILES string of the molecule is CC1(C)Cc2c(-c3ccccc3)c(-c3ccccc3)cn2C1. The molecule has 0 unspecified atom stereocenters. The highest BCUT2D eigenvalue weighted by Gasteiger charge is 2.32. The summed E-state index contributed by atoms with van der Waals surface area (Å²) in [4.78, 5) is 0. The number of aromatic nitrogens is 1. The van der Waals surface area contributed by atoms with Crippen molar-refractivity contribution in [3.05, 3.63) is 72.6 Å². The molecule has 1 aliphatic heterocycles. The molecule has 1 aromatic heterocycles. The van der Waals surface area contributed by atoms with Crippen molar-refractivity contribution in [2.75, 3.05) is 0 Å². The van der Waals surface area contributed by atoms with E-state index >= 15 is 0 Å². The van der Waals surface area contributed by atoms with E-state index in [4.69, 9.17) is 0 Å². The molecule has 4 rings (SSSR count). The highest BCUT2D eigenvalue weighted by molar-refractivity contribution is 5.86. The van der Waals surface area contributed by atoms with Gasteiger partial charge in [0, 0.05) is 29.6 Å². The Kier molecular flexibility index (Phi) is 2.97. The zero-order chi connectivity index (χ0) is 15.2. The maximum atomic E-state index is 2.46. The fourth-order valence-corrected chi connectivity index (χ4v) is 3.66. The Balaban J connectivity index is 1.95. The lowest BCUT2D eigenvalue weighted by molar-refractivity contribution is 0.359. The molecule has 1 heteroatoms. The lowest BCUT2D eigenvalue weighted by Gasteiger charge is -2.16. The monoisotopic (exact) mass is 287 g/mol. The summed E-state index contributed by atoms with van der Waals surface area (Å²) in [6, 6.07) is 21.6. The first-order chi connectivity index (χ1) is 10.6. The number of hydrogen-bond acceptors (Lipinski definition) is 0. The summed E-state index contributed by atoms with van der Waals surface area (Å²) < 4.78 is 2.46. The second kappa shape index (κ2) is 4.88. The molecule has 0 fully saturated rings. The summed E-state index contributed by atoms with van der Waals surface area (Å²) in [7, 11) is 0. The normalized spacial score (nSPS) is 15.7. The quantitative estimate of drug-likeness (QED) is 0.594. The standard InChI is InChI=1S/C21H21N/c1-21(2)13-19-20(17-11-7-4-8-12-17)18(14-22(19)15-21)16-9-5-3-6-10-16/h3-12,14H,13,15H2,1-2H3. The Hall–Kier alpha value is -2.28. The highest BCUT2D eigenvalue weighted by Crippen LogP contribution is 2.43. The number of rotatable bonds is 2. The molecule has 0 N–H and O–H groups in total. The van der Waals surface area contributed by atoms with E-state index in [1.165, 1.54) is 27.9 Å². The van der Waals surface area contributed by atoms with Crippen LogP contribution in [0, 0.1) is 5.41 Å². The molecule has 0 bridgehead atoms. The van der Waals surface area contributed by atoms with Gasteiger partial charge in [0.15, 0.2) is 0 Å². The summed E-state index contributed by atoms with van der Waals surface area (Å²) in [5.41, 5.74) is 7.24. The Morgan fingerprint density at radius 1 is 0.818 bits per heavy atom. The number of benzene rings is 2. The van der Waals surface area contributed by atoms with Crippen LogP contribution < -0.4 is 0 Å². The van der Waals surface area contributed by atoms with E-state index < -0.39 is 0 Å². The van der Waals surface area contributed by atoms with Crippen molar-refractivity contribution in [3.8, 4) is 22.3 Å². The van der Waals surface area contributed by atoms with Crippen LogP contribution in [0.5, 0.6) is 0 Å². The van der Waals surface area contributed by atoms with Crippen molar-refractivity contribution < 1.29 is 0 Å². The third-order valence-corrected chi connectivity index (χ3v) is 4.58. The second-order valence-corrected chi connectivity index (χ2v) is 7.07. The molecule has 0 saturated carbocycles. The molecule has 3 aromatic rings. The first-order valence-electron chi connectivity index (χ1n) is 7.97. The van der Waals surface area contributed by atoms with Crippen LogP contribution >= 0.6 is 0 Å². The maximum Gasteiger partial charge on any atom is 0.0277 e. The van der Waals surface area contributed by atoms with Gasteiger partial charge in [0.2, 0.25) is 0 Å². The fraction of sp³-hybridized carbons (Fsp3) is 0.238. The van der Waals surface area contributed by atoms with Crippen LogP contribution in [0.1, 0.15) is 19.5 Å². The molecular weight excluding hydrogens is 266 g/mol. The van der Waals surface area contributed by atoms with Crippen LogP contribution in [0.3, 0.4) is 0 Å². The van der Waals surface area contributed by atoms with Crippen molar-refractivity contribution in [3.63, 3.8) is 0 Å². The predicted octanol–water partition coefficient (Wildman–Crippen LogP) is 5.40. The van der Waals surface area contributed by atoms with Gasteiger partial charge in [-0.05, 0) is 23.0 Å². The lowest BCUT2D eigenvalue weighted by atomic mass is 9.87. The summed E-state index contributed by atoms with van der Waals surface area (Å²) in [6.45, 7) is 5.82. The van der Waals surface area contributed by atoms with Crippen LogP contribution in [0.4, 0.5) is 0 Å². The highest BCUT2D eigenvalue weighted by atomic mass is 15.0. The van der Waals surface area contributed by atoms with Gasteiger partial charge in [0.1, 0.15) is 0 Å². The Bertz CT molecular complexity index is 795. The third kappa shape index (κ3) is 2.18. The Morgan fingerprint density at radius 2 is 1.41 bits per heavy atom. The molecule has 0 radical (unpaired) electrons. The molecule has 0 aliphatic carbocycles. The molecule has 0 atom stereocenters. The average Bonchev–Trinajstić information content (AvgIpc) is 3.00. The molecule has 0 spiro atoms. The maximum absolute atomic E-state index is 2.46. The molecule has 1 nitrogen and oxygen atoms in total. The minimum Gasteiger partial charge on any atom is -0.350 e. The molecule has 2 aromatic carbocycles. The first kappa shape index (κ1) is 13.4. The molecule has 1 aliphatic rings. The molecular formula is C21H21N. The van der Waals surface area contributed by atoms with Gasteiger partial charge in [0.25, 0.3) is 0 Å². The van der Waals surface area contributed by atoms with E-state index in [2.05, 4.69) is 85.3 Å². The number of fused-ring (bicyclic) bond motifs is 1. The van der Waals surface area contributed by atoms with Crippen LogP contribution in [0.15, 0.2) is 66.9 Å². The topological polar surface area (TPSA) is 4.93 Å². The van der Waals surface area contributed by atoms with Gasteiger partial charge < -0.3 is 4.57 Å². The first-order valence-corrected chi connectivity index (χ1v) is 7.97. The zero-order valence-electron chi connectivity index (χ0n) is 13.2. The largest absolute Gasteiger partial charge is 0.350 e. The van der Waals surface area contributed by atoms with E-state index in [0.717, 1.165) is 13.0 Å². The summed E-state index contributed by atoms with van der Waals surface area (Å²) in [5, 5.41) is 0. The van der Waals surface area contributed by atoms with Crippen LogP contribution in [-0.4, -0.2) is 4.57 Å². The van der Waals surface area contributed by atoms with Gasteiger partial charge in [-0.2, -0.15) is 0 Å². The third-order valence-electron chi connectivity index (χ3n) is 4.58. The van der Waals surface area contributed by atoms with Crippen LogP contribution in [0.2, 0.25) is 0 Å². The van der Waals surface area contributed by atoms with Crippen molar-refractivity contribution >= 4 is 0 Å². The molecule has 0 amide bonds. The minimum absolute atomic E-state index is 0.355. The van der Waals surface area contributed by atoms with Gasteiger partial charge in [-0.1, -0.05) is 74.5 Å². The zero-order valence-corrected chi connectivity index (χ0v) is 13.2. The van der Waals surface area contributed by atoms with E-state index in [1.807, 2.05) is 0 Å². The van der Waals surface area contributed by atoms with E-state index in [-0.39, 0.29) is 0 Å². The summed E-state index contributed by atoms with van der Waals surface area (Å²) >= 11 is 0. The number of hydrogen-bond donors (Lipinski definition) is 0. The Morgan fingerprint density at radius 3 is 2.05 bits per heavy atom. The van der Waals surface area contributed by atoms with Crippen LogP contribution in [0.25, 0.3) is 22.3 Å². The molecule has 22 heavy (non-hydrogen) atoms. The van der Waals surface area contributed by atoms with Crippen molar-refractivity contribution in [1.82, 2.24) is 4.57 Å². The number of nitrogens with zero attached hydrogens (tertiary/aromatic N) is 1. The predicted molar refractivity (Wildman–Crippen MR) is 92.8 cm³/mol. The van der Waals surface area contributed by atoms with Crippen LogP contribution in [-0.2, 0) is 13.0 Å². The average molecular weight is 287 g/mol. The summed E-state index contributed by atoms with van der Waals surface area (Å²) in [6.07, 6.45) is 3.49. The van der Waals surface area contributed by atoms with Gasteiger partial charge >= 0.3 is 0 Å². The van der Waals surface area contributed by atoms with E-state index in [1.54, 1.807) is 0 Å². The molecule has 2 heterocycles. The fourth-order valence-electron chi connectivity index (χ4n) is 3.66. The van der Waals surface area contributed by atoms with Crippen molar-refractivity contribution in [1.29, 1.82) is 0 Å². The van der Waals surface area contributed by atoms with Gasteiger partial charge in [0.05, 0.1) is 0 Å². The van der Waals surface area contributed by atoms with Gasteiger partial charge in [-0.25, -0.2) is 0 Å². The van der Waals surface area contributed by atoms with Crippen molar-refractivity contribution in [2.24, 2.45) is 5.41 Å². The summed E-state index contributed by atoms with van der Waals surface area (Å²) in [5.74, 6) is 0. The lowest BCUT2D eigenvalue weighted by Crippen LogP contribution is -2.12.